The van der Waals surface area contributed by atoms with Gasteiger partial charge in [-0.15, -0.1) is 0 Å². The molecular weight excluding hydrogens is 323 g/mol. The highest BCUT2D eigenvalue weighted by atomic mass is 79.9. The van der Waals surface area contributed by atoms with Crippen molar-refractivity contribution in [1.82, 2.24) is 9.55 Å². The molecule has 0 saturated carbocycles. The second-order valence-electron chi connectivity index (χ2n) is 4.45. The number of hydrogen-bond acceptors (Lipinski definition) is 2. The second kappa shape index (κ2) is 5.17. The number of rotatable bonds is 3. The molecule has 5 heteroatoms. The zero-order valence-electron chi connectivity index (χ0n) is 10.4. The maximum atomic E-state index is 13.2. The van der Waals surface area contributed by atoms with Crippen LogP contribution in [0.1, 0.15) is 15.9 Å². The zero-order valence-corrected chi connectivity index (χ0v) is 12.0. The van der Waals surface area contributed by atoms with Crippen LogP contribution in [0.3, 0.4) is 0 Å². The molecule has 0 amide bonds. The maximum absolute atomic E-state index is 13.2. The van der Waals surface area contributed by atoms with E-state index in [-0.39, 0.29) is 5.82 Å². The van der Waals surface area contributed by atoms with Crippen LogP contribution in [-0.4, -0.2) is 15.8 Å². The SMILES string of the molecule is O=Cc1cn(Cc2ccc(F)c(Br)c2)c2ncccc12. The van der Waals surface area contributed by atoms with Crippen LogP contribution in [-0.2, 0) is 6.54 Å². The van der Waals surface area contributed by atoms with Crippen LogP contribution in [0.25, 0.3) is 11.0 Å². The Balaban J connectivity index is 2.06. The molecule has 3 nitrogen and oxygen atoms in total. The van der Waals surface area contributed by atoms with E-state index >= 15 is 0 Å². The van der Waals surface area contributed by atoms with Gasteiger partial charge in [-0.05, 0) is 45.8 Å². The van der Waals surface area contributed by atoms with Gasteiger partial charge in [0, 0.05) is 29.9 Å². The molecule has 0 saturated heterocycles. The number of aldehydes is 1. The first kappa shape index (κ1) is 13.0. The second-order valence-corrected chi connectivity index (χ2v) is 5.31. The molecule has 0 aliphatic rings. The molecule has 0 aliphatic heterocycles. The van der Waals surface area contributed by atoms with Crippen molar-refractivity contribution in [2.24, 2.45) is 0 Å². The molecule has 0 unspecified atom stereocenters. The fourth-order valence-electron chi connectivity index (χ4n) is 2.20. The summed E-state index contributed by atoms with van der Waals surface area (Å²) in [6, 6.07) is 8.52. The Morgan fingerprint density at radius 1 is 1.35 bits per heavy atom. The van der Waals surface area contributed by atoms with E-state index in [2.05, 4.69) is 20.9 Å². The summed E-state index contributed by atoms with van der Waals surface area (Å²) in [6.45, 7) is 0.528. The molecule has 0 fully saturated rings. The van der Waals surface area contributed by atoms with Gasteiger partial charge in [0.15, 0.2) is 6.29 Å². The molecule has 0 bridgehead atoms. The molecule has 3 rings (SSSR count). The Morgan fingerprint density at radius 3 is 2.95 bits per heavy atom. The van der Waals surface area contributed by atoms with Crippen molar-refractivity contribution in [2.45, 2.75) is 6.54 Å². The summed E-state index contributed by atoms with van der Waals surface area (Å²) in [5.74, 6) is -0.294. The number of hydrogen-bond donors (Lipinski definition) is 0. The number of halogens is 2. The Hall–Kier alpha value is -2.01. The van der Waals surface area contributed by atoms with Gasteiger partial charge in [-0.3, -0.25) is 4.79 Å². The van der Waals surface area contributed by atoms with Gasteiger partial charge >= 0.3 is 0 Å². The van der Waals surface area contributed by atoms with E-state index in [0.717, 1.165) is 22.9 Å². The summed E-state index contributed by atoms with van der Waals surface area (Å²) < 4.78 is 15.6. The third-order valence-electron chi connectivity index (χ3n) is 3.13. The molecule has 0 N–H and O–H groups in total. The minimum absolute atomic E-state index is 0.294. The monoisotopic (exact) mass is 332 g/mol. The third kappa shape index (κ3) is 2.25. The van der Waals surface area contributed by atoms with E-state index in [0.29, 0.717) is 16.6 Å². The molecule has 0 spiro atoms. The molecule has 100 valence electrons. The normalized spacial score (nSPS) is 10.9. The minimum atomic E-state index is -0.294. The molecule has 0 atom stereocenters. The van der Waals surface area contributed by atoms with Gasteiger partial charge in [-0.25, -0.2) is 9.37 Å². The fraction of sp³-hybridized carbons (Fsp3) is 0.0667. The van der Waals surface area contributed by atoms with Gasteiger partial charge in [0.2, 0.25) is 0 Å². The highest BCUT2D eigenvalue weighted by Gasteiger charge is 2.09. The van der Waals surface area contributed by atoms with Crippen LogP contribution < -0.4 is 0 Å². The van der Waals surface area contributed by atoms with Crippen LogP contribution in [0.15, 0.2) is 47.2 Å². The maximum Gasteiger partial charge on any atom is 0.152 e. The fourth-order valence-corrected chi connectivity index (χ4v) is 2.63. The van der Waals surface area contributed by atoms with Crippen molar-refractivity contribution in [3.8, 4) is 0 Å². The number of fused-ring (bicyclic) bond motifs is 1. The number of aromatic nitrogens is 2. The standard InChI is InChI=1S/C15H10BrFN2O/c16-13-6-10(3-4-14(13)17)7-19-8-11(9-20)12-2-1-5-18-15(12)19/h1-6,8-9H,7H2. The third-order valence-corrected chi connectivity index (χ3v) is 3.74. The Labute approximate surface area is 123 Å². The van der Waals surface area contributed by atoms with Gasteiger partial charge < -0.3 is 4.57 Å². The van der Waals surface area contributed by atoms with Crippen molar-refractivity contribution in [3.63, 3.8) is 0 Å². The van der Waals surface area contributed by atoms with Crippen LogP contribution in [0.2, 0.25) is 0 Å². The van der Waals surface area contributed by atoms with E-state index in [1.165, 1.54) is 6.07 Å². The topological polar surface area (TPSA) is 34.9 Å². The summed E-state index contributed by atoms with van der Waals surface area (Å²) >= 11 is 3.17. The number of pyridine rings is 1. The lowest BCUT2D eigenvalue weighted by Crippen LogP contribution is -1.99. The van der Waals surface area contributed by atoms with Crippen molar-refractivity contribution in [3.05, 3.63) is 64.1 Å². The minimum Gasteiger partial charge on any atom is -0.327 e. The lowest BCUT2D eigenvalue weighted by molar-refractivity contribution is 0.112. The summed E-state index contributed by atoms with van der Waals surface area (Å²) in [5, 5.41) is 0.823. The molecule has 0 radical (unpaired) electrons. The highest BCUT2D eigenvalue weighted by molar-refractivity contribution is 9.10. The quantitative estimate of drug-likeness (QED) is 0.684. The first-order valence-electron chi connectivity index (χ1n) is 6.02. The molecule has 2 aromatic heterocycles. The number of nitrogens with zero attached hydrogens (tertiary/aromatic N) is 2. The Bertz CT molecular complexity index is 798. The van der Waals surface area contributed by atoms with E-state index in [9.17, 15) is 9.18 Å². The summed E-state index contributed by atoms with van der Waals surface area (Å²) in [4.78, 5) is 15.4. The Kier molecular flexibility index (Phi) is 3.36. The lowest BCUT2D eigenvalue weighted by Gasteiger charge is -2.05. The van der Waals surface area contributed by atoms with Crippen molar-refractivity contribution < 1.29 is 9.18 Å². The van der Waals surface area contributed by atoms with E-state index in [1.54, 1.807) is 30.6 Å². The van der Waals surface area contributed by atoms with E-state index in [1.807, 2.05) is 10.6 Å². The van der Waals surface area contributed by atoms with Crippen LogP contribution >= 0.6 is 15.9 Å². The molecular formula is C15H10BrFN2O. The largest absolute Gasteiger partial charge is 0.327 e. The van der Waals surface area contributed by atoms with E-state index in [4.69, 9.17) is 0 Å². The predicted molar refractivity (Wildman–Crippen MR) is 78.3 cm³/mol. The lowest BCUT2D eigenvalue weighted by atomic mass is 10.2. The van der Waals surface area contributed by atoms with Crippen molar-refractivity contribution in [2.75, 3.05) is 0 Å². The zero-order chi connectivity index (χ0) is 14.1. The smallest absolute Gasteiger partial charge is 0.152 e. The van der Waals surface area contributed by atoms with Gasteiger partial charge in [0.1, 0.15) is 11.5 Å². The molecule has 20 heavy (non-hydrogen) atoms. The average molecular weight is 333 g/mol. The van der Waals surface area contributed by atoms with Gasteiger partial charge in [0.25, 0.3) is 0 Å². The van der Waals surface area contributed by atoms with E-state index < -0.39 is 0 Å². The van der Waals surface area contributed by atoms with Crippen molar-refractivity contribution >= 4 is 33.2 Å². The van der Waals surface area contributed by atoms with Crippen LogP contribution in [0.5, 0.6) is 0 Å². The number of carbonyl (C=O) groups is 1. The average Bonchev–Trinajstić information content (AvgIpc) is 2.81. The van der Waals surface area contributed by atoms with Crippen LogP contribution in [0, 0.1) is 5.82 Å². The summed E-state index contributed by atoms with van der Waals surface area (Å²) in [5.41, 5.74) is 2.28. The summed E-state index contributed by atoms with van der Waals surface area (Å²) in [7, 11) is 0. The van der Waals surface area contributed by atoms with Gasteiger partial charge in [-0.2, -0.15) is 0 Å². The van der Waals surface area contributed by atoms with Gasteiger partial charge in [-0.1, -0.05) is 6.07 Å². The Morgan fingerprint density at radius 2 is 2.20 bits per heavy atom. The predicted octanol–water partition coefficient (Wildman–Crippen LogP) is 3.80. The molecule has 1 aromatic carbocycles. The van der Waals surface area contributed by atoms with Crippen LogP contribution in [0.4, 0.5) is 4.39 Å². The van der Waals surface area contributed by atoms with Gasteiger partial charge in [0.05, 0.1) is 4.47 Å². The van der Waals surface area contributed by atoms with Crippen molar-refractivity contribution in [1.29, 1.82) is 0 Å². The first-order chi connectivity index (χ1) is 9.69. The summed E-state index contributed by atoms with van der Waals surface area (Å²) in [6.07, 6.45) is 4.27. The molecule has 0 aliphatic carbocycles. The highest BCUT2D eigenvalue weighted by Crippen LogP contribution is 2.21. The molecule has 3 aromatic rings. The number of carbonyl (C=O) groups excluding carboxylic acids is 1. The molecule has 2 heterocycles. The first-order valence-corrected chi connectivity index (χ1v) is 6.81. The number of benzene rings is 1.